The number of carboxylic acids is 1. The van der Waals surface area contributed by atoms with E-state index in [-0.39, 0.29) is 6.54 Å². The Labute approximate surface area is 136 Å². The normalized spacial score (nSPS) is 13.6. The van der Waals surface area contributed by atoms with Gasteiger partial charge in [0.25, 0.3) is 0 Å². The molecule has 0 radical (unpaired) electrons. The molecule has 0 bridgehead atoms. The topological polar surface area (TPSA) is 60.4 Å². The van der Waals surface area contributed by atoms with Crippen molar-refractivity contribution in [2.75, 3.05) is 26.2 Å². The Morgan fingerprint density at radius 3 is 2.23 bits per heavy atom. The van der Waals surface area contributed by atoms with Crippen LogP contribution in [-0.4, -0.2) is 47.8 Å². The maximum absolute atomic E-state index is 11.2. The van der Waals surface area contributed by atoms with Crippen molar-refractivity contribution >= 4 is 5.97 Å². The summed E-state index contributed by atoms with van der Waals surface area (Å²) in [4.78, 5) is 11.2. The smallest absolute Gasteiger partial charge is 0.119 e. The van der Waals surface area contributed by atoms with Crippen molar-refractivity contribution in [3.8, 4) is 0 Å². The Balaban J connectivity index is 4.72. The highest BCUT2D eigenvalue weighted by Crippen LogP contribution is 2.16. The summed E-state index contributed by atoms with van der Waals surface area (Å²) in [7, 11) is 0. The number of carbonyl (C=O) groups excluding carboxylic acids is 1. The third kappa shape index (κ3) is 9.96. The summed E-state index contributed by atoms with van der Waals surface area (Å²) in [6.45, 7) is 8.40. The molecule has 0 aromatic rings. The van der Waals surface area contributed by atoms with Gasteiger partial charge in [0.05, 0.1) is 19.1 Å². The predicted octanol–water partition coefficient (Wildman–Crippen LogP) is 2.26. The molecule has 0 amide bonds. The lowest BCUT2D eigenvalue weighted by atomic mass is 10.1. The molecule has 130 valence electrons. The second kappa shape index (κ2) is 12.7. The van der Waals surface area contributed by atoms with Crippen LogP contribution >= 0.6 is 0 Å². The molecule has 0 aliphatic rings. The van der Waals surface area contributed by atoms with Crippen molar-refractivity contribution in [1.29, 1.82) is 0 Å². The van der Waals surface area contributed by atoms with Gasteiger partial charge in [-0.25, -0.2) is 0 Å². The van der Waals surface area contributed by atoms with Gasteiger partial charge in [-0.05, 0) is 39.0 Å². The molecule has 0 aromatic carbocycles. The Bertz CT molecular complexity index is 307. The van der Waals surface area contributed by atoms with Crippen molar-refractivity contribution in [1.82, 2.24) is 0 Å². The van der Waals surface area contributed by atoms with E-state index in [9.17, 15) is 15.0 Å². The summed E-state index contributed by atoms with van der Waals surface area (Å²) in [5.74, 6) is -1.01. The van der Waals surface area contributed by atoms with E-state index in [4.69, 9.17) is 0 Å². The quantitative estimate of drug-likeness (QED) is 0.304. The summed E-state index contributed by atoms with van der Waals surface area (Å²) in [6.07, 6.45) is 10.4. The fourth-order valence-electron chi connectivity index (χ4n) is 2.95. The molecule has 0 heterocycles. The minimum atomic E-state index is -1.01. The highest BCUT2D eigenvalue weighted by Gasteiger charge is 2.29. The van der Waals surface area contributed by atoms with Crippen LogP contribution in [-0.2, 0) is 4.79 Å². The van der Waals surface area contributed by atoms with Gasteiger partial charge in [-0.2, -0.15) is 0 Å². The van der Waals surface area contributed by atoms with Crippen LogP contribution in [0.25, 0.3) is 0 Å². The number of carbonyl (C=O) groups is 1. The number of hydrogen-bond donors (Lipinski definition) is 1. The van der Waals surface area contributed by atoms with Crippen molar-refractivity contribution < 1.29 is 19.5 Å². The van der Waals surface area contributed by atoms with Gasteiger partial charge < -0.3 is 19.5 Å². The van der Waals surface area contributed by atoms with Gasteiger partial charge in [0.15, 0.2) is 0 Å². The van der Waals surface area contributed by atoms with Gasteiger partial charge in [-0.3, -0.25) is 0 Å². The van der Waals surface area contributed by atoms with Crippen LogP contribution in [0.4, 0.5) is 0 Å². The van der Waals surface area contributed by atoms with E-state index in [2.05, 4.69) is 19.9 Å². The van der Waals surface area contributed by atoms with Gasteiger partial charge in [0.1, 0.15) is 19.2 Å². The molecular weight excluding hydrogens is 278 g/mol. The zero-order valence-corrected chi connectivity index (χ0v) is 14.7. The average molecular weight is 313 g/mol. The molecule has 0 saturated carbocycles. The lowest BCUT2D eigenvalue weighted by Gasteiger charge is -2.40. The van der Waals surface area contributed by atoms with E-state index >= 15 is 0 Å². The van der Waals surface area contributed by atoms with E-state index in [1.165, 1.54) is 0 Å². The minimum Gasteiger partial charge on any atom is -0.544 e. The van der Waals surface area contributed by atoms with Crippen LogP contribution in [0.2, 0.25) is 0 Å². The first-order valence-corrected chi connectivity index (χ1v) is 8.83. The van der Waals surface area contributed by atoms with Crippen molar-refractivity contribution in [2.24, 2.45) is 0 Å². The Morgan fingerprint density at radius 1 is 1.18 bits per heavy atom. The molecule has 4 nitrogen and oxygen atoms in total. The van der Waals surface area contributed by atoms with E-state index in [0.29, 0.717) is 11.0 Å². The number of aliphatic hydroxyl groups excluding tert-OH is 1. The van der Waals surface area contributed by atoms with E-state index < -0.39 is 12.1 Å². The number of allylic oxidation sites excluding steroid dienone is 2. The summed E-state index contributed by atoms with van der Waals surface area (Å²) < 4.78 is 0.467. The largest absolute Gasteiger partial charge is 0.544 e. The van der Waals surface area contributed by atoms with Crippen LogP contribution in [0.15, 0.2) is 12.2 Å². The first kappa shape index (κ1) is 21.1. The fraction of sp³-hybridized carbons (Fsp3) is 0.833. The first-order valence-electron chi connectivity index (χ1n) is 8.83. The molecule has 0 aliphatic heterocycles. The summed E-state index contributed by atoms with van der Waals surface area (Å²) >= 11 is 0. The maximum atomic E-state index is 11.2. The number of carboxylic acid groups (broad SMARTS) is 1. The zero-order valence-electron chi connectivity index (χ0n) is 14.7. The number of quaternary nitrogens is 1. The van der Waals surface area contributed by atoms with Gasteiger partial charge in [-0.15, -0.1) is 0 Å². The fourth-order valence-corrected chi connectivity index (χ4v) is 2.95. The van der Waals surface area contributed by atoms with Crippen molar-refractivity contribution in [2.45, 2.75) is 71.8 Å². The lowest BCUT2D eigenvalue weighted by molar-refractivity contribution is -0.926. The number of aliphatic carboxylic acids is 1. The monoisotopic (exact) mass is 313 g/mol. The van der Waals surface area contributed by atoms with Crippen LogP contribution < -0.4 is 5.11 Å². The molecule has 0 aliphatic carbocycles. The van der Waals surface area contributed by atoms with Gasteiger partial charge in [0.2, 0.25) is 0 Å². The Hall–Kier alpha value is -0.870. The molecule has 1 unspecified atom stereocenters. The summed E-state index contributed by atoms with van der Waals surface area (Å²) in [6, 6.07) is 0. The van der Waals surface area contributed by atoms with Gasteiger partial charge >= 0.3 is 0 Å². The van der Waals surface area contributed by atoms with Crippen LogP contribution in [0.1, 0.15) is 65.7 Å². The number of nitrogens with zero attached hydrogens (tertiary/aromatic N) is 1. The molecule has 0 fully saturated rings. The molecule has 0 rings (SSSR count). The third-order valence-corrected chi connectivity index (χ3v) is 4.18. The van der Waals surface area contributed by atoms with Gasteiger partial charge in [0, 0.05) is 0 Å². The van der Waals surface area contributed by atoms with Crippen LogP contribution in [0.3, 0.4) is 0 Å². The van der Waals surface area contributed by atoms with E-state index in [1.807, 2.05) is 13.0 Å². The van der Waals surface area contributed by atoms with Crippen LogP contribution in [0, 0.1) is 0 Å². The molecule has 22 heavy (non-hydrogen) atoms. The third-order valence-electron chi connectivity index (χ3n) is 4.18. The molecule has 0 aromatic heterocycles. The Kier molecular flexibility index (Phi) is 12.2. The zero-order chi connectivity index (χ0) is 16.8. The standard InChI is InChI=1S/C18H35NO3/c1-4-7-10-11-12-17(20)15-19(13-8-5-2,14-9-6-3)16-18(21)22/h4,7,17,20H,5-6,8-16H2,1-3H3/b7-4+. The second-order valence-electron chi connectivity index (χ2n) is 6.36. The van der Waals surface area contributed by atoms with Gasteiger partial charge in [-0.1, -0.05) is 38.8 Å². The minimum absolute atomic E-state index is 0.0198. The first-order chi connectivity index (χ1) is 10.5. The predicted molar refractivity (Wildman–Crippen MR) is 89.2 cm³/mol. The molecule has 1 atom stereocenters. The van der Waals surface area contributed by atoms with Crippen molar-refractivity contribution in [3.05, 3.63) is 12.2 Å². The SMILES string of the molecule is C/C=C/CCCC(O)C[N+](CCCC)(CCCC)CC(=O)[O-]. The number of rotatable bonds is 14. The highest BCUT2D eigenvalue weighted by atomic mass is 16.4. The van der Waals surface area contributed by atoms with Crippen molar-refractivity contribution in [3.63, 3.8) is 0 Å². The lowest BCUT2D eigenvalue weighted by Crippen LogP contribution is -2.58. The number of aliphatic hydroxyl groups is 1. The van der Waals surface area contributed by atoms with Crippen LogP contribution in [0.5, 0.6) is 0 Å². The highest BCUT2D eigenvalue weighted by molar-refractivity contribution is 5.65. The molecule has 4 heteroatoms. The summed E-state index contributed by atoms with van der Waals surface area (Å²) in [5.41, 5.74) is 0. The molecule has 0 saturated heterocycles. The number of unbranched alkanes of at least 4 members (excludes halogenated alkanes) is 3. The molecular formula is C18H35NO3. The summed E-state index contributed by atoms with van der Waals surface area (Å²) in [5, 5.41) is 21.5. The number of hydrogen-bond acceptors (Lipinski definition) is 3. The second-order valence-corrected chi connectivity index (χ2v) is 6.36. The maximum Gasteiger partial charge on any atom is 0.119 e. The Morgan fingerprint density at radius 2 is 1.77 bits per heavy atom. The molecule has 1 N–H and O–H groups in total. The van der Waals surface area contributed by atoms with E-state index in [1.54, 1.807) is 0 Å². The van der Waals surface area contributed by atoms with E-state index in [0.717, 1.165) is 58.0 Å². The average Bonchev–Trinajstić information content (AvgIpc) is 2.47. The molecule has 0 spiro atoms.